The Morgan fingerprint density at radius 2 is 1.63 bits per heavy atom. The molecule has 19 heavy (non-hydrogen) atoms. The van der Waals surface area contributed by atoms with E-state index in [2.05, 4.69) is 0 Å². The first-order valence-corrected chi connectivity index (χ1v) is 5.77. The van der Waals surface area contributed by atoms with E-state index in [0.29, 0.717) is 0 Å². The summed E-state index contributed by atoms with van der Waals surface area (Å²) in [4.78, 5) is 34.3. The highest BCUT2D eigenvalue weighted by atomic mass is 16.4. The molecule has 0 spiro atoms. The Bertz CT molecular complexity index is 659. The zero-order chi connectivity index (χ0) is 14.0. The molecule has 2 rings (SSSR count). The Balaban J connectivity index is 2.46. The molecule has 0 aliphatic heterocycles. The van der Waals surface area contributed by atoms with E-state index in [9.17, 15) is 14.4 Å². The number of aliphatic carboxylic acids is 1. The molecule has 0 radical (unpaired) electrons. The predicted octanol–water partition coefficient (Wildman–Crippen LogP) is 2.31. The van der Waals surface area contributed by atoms with E-state index in [4.69, 9.17) is 5.11 Å². The van der Waals surface area contributed by atoms with Crippen LogP contribution in [-0.4, -0.2) is 22.6 Å². The highest BCUT2D eigenvalue weighted by Gasteiger charge is 2.31. The number of carbonyl (C=O) groups excluding carboxylic acids is 2. The van der Waals surface area contributed by atoms with Crippen molar-refractivity contribution in [2.24, 2.45) is 5.92 Å². The third-order valence-corrected chi connectivity index (χ3v) is 2.95. The molecule has 0 aliphatic rings. The fourth-order valence-electron chi connectivity index (χ4n) is 1.98. The Hall–Kier alpha value is -2.49. The third-order valence-electron chi connectivity index (χ3n) is 2.95. The summed E-state index contributed by atoms with van der Waals surface area (Å²) < 4.78 is 0. The second kappa shape index (κ2) is 5.02. The highest BCUT2D eigenvalue weighted by molar-refractivity contribution is 6.22. The number of rotatable bonds is 4. The second-order valence-corrected chi connectivity index (χ2v) is 4.31. The smallest absolute Gasteiger partial charge is 0.322 e. The number of Topliss-reactive ketones (excluding diaryl/α,β-unsaturated/α-hetero) is 2. The van der Waals surface area contributed by atoms with Crippen molar-refractivity contribution in [2.75, 3.05) is 0 Å². The molecule has 0 heterocycles. The number of fused-ring (bicyclic) bond motifs is 1. The zero-order valence-corrected chi connectivity index (χ0v) is 10.3. The lowest BCUT2D eigenvalue weighted by Crippen LogP contribution is -2.30. The van der Waals surface area contributed by atoms with Gasteiger partial charge in [-0.3, -0.25) is 14.4 Å². The monoisotopic (exact) mass is 256 g/mol. The lowest BCUT2D eigenvalue weighted by molar-refractivity contribution is -0.143. The van der Waals surface area contributed by atoms with E-state index in [-0.39, 0.29) is 5.56 Å². The number of hydrogen-bond donors (Lipinski definition) is 1. The average Bonchev–Trinajstić information content (AvgIpc) is 2.37. The van der Waals surface area contributed by atoms with Crippen molar-refractivity contribution in [1.29, 1.82) is 0 Å². The molecule has 0 bridgehead atoms. The van der Waals surface area contributed by atoms with Gasteiger partial charge in [0.1, 0.15) is 0 Å². The van der Waals surface area contributed by atoms with Crippen LogP contribution in [0.15, 0.2) is 42.5 Å². The van der Waals surface area contributed by atoms with E-state index in [1.54, 1.807) is 18.2 Å². The summed E-state index contributed by atoms with van der Waals surface area (Å²) in [5.41, 5.74) is 0.237. The van der Waals surface area contributed by atoms with Crippen LogP contribution in [0.1, 0.15) is 17.3 Å². The topological polar surface area (TPSA) is 71.4 Å². The van der Waals surface area contributed by atoms with Gasteiger partial charge >= 0.3 is 5.97 Å². The lowest BCUT2D eigenvalue weighted by atomic mass is 9.93. The average molecular weight is 256 g/mol. The molecule has 2 aromatic rings. The molecule has 0 amide bonds. The highest BCUT2D eigenvalue weighted by Crippen LogP contribution is 2.18. The molecule has 1 N–H and O–H groups in total. The molecule has 1 atom stereocenters. The SMILES string of the molecule is CC(=O)C(C(=O)O)C(=O)c1ccc2ccccc2c1. The van der Waals surface area contributed by atoms with Crippen LogP contribution in [0.4, 0.5) is 0 Å². The Labute approximate surface area is 109 Å². The molecule has 0 fully saturated rings. The minimum atomic E-state index is -1.62. The van der Waals surface area contributed by atoms with E-state index in [0.717, 1.165) is 17.7 Å². The standard InChI is InChI=1S/C15H12O4/c1-9(16)13(15(18)19)14(17)12-7-6-10-4-2-3-5-11(10)8-12/h2-8,13H,1H3,(H,18,19). The summed E-state index contributed by atoms with van der Waals surface area (Å²) in [6, 6.07) is 12.3. The molecule has 0 aliphatic carbocycles. The normalized spacial score (nSPS) is 12.1. The van der Waals surface area contributed by atoms with Gasteiger partial charge in [0.05, 0.1) is 0 Å². The van der Waals surface area contributed by atoms with Crippen LogP contribution >= 0.6 is 0 Å². The van der Waals surface area contributed by atoms with E-state index >= 15 is 0 Å². The van der Waals surface area contributed by atoms with Gasteiger partial charge in [-0.2, -0.15) is 0 Å². The second-order valence-electron chi connectivity index (χ2n) is 4.31. The maximum atomic E-state index is 12.1. The quantitative estimate of drug-likeness (QED) is 0.673. The van der Waals surface area contributed by atoms with Gasteiger partial charge in [-0.05, 0) is 23.8 Å². The Kier molecular flexibility index (Phi) is 3.42. The number of benzene rings is 2. The molecule has 4 nitrogen and oxygen atoms in total. The predicted molar refractivity (Wildman–Crippen MR) is 70.1 cm³/mol. The summed E-state index contributed by atoms with van der Waals surface area (Å²) in [7, 11) is 0. The number of carbonyl (C=O) groups is 3. The van der Waals surface area contributed by atoms with Crippen LogP contribution < -0.4 is 0 Å². The lowest BCUT2D eigenvalue weighted by Gasteiger charge is -2.08. The number of carboxylic acids is 1. The van der Waals surface area contributed by atoms with Gasteiger partial charge < -0.3 is 5.11 Å². The van der Waals surface area contributed by atoms with Crippen molar-refractivity contribution in [1.82, 2.24) is 0 Å². The summed E-state index contributed by atoms with van der Waals surface area (Å²) in [6.45, 7) is 1.11. The minimum absolute atomic E-state index is 0.237. The van der Waals surface area contributed by atoms with Crippen molar-refractivity contribution < 1.29 is 19.5 Å². The molecule has 4 heteroatoms. The minimum Gasteiger partial charge on any atom is -0.480 e. The molecule has 96 valence electrons. The Morgan fingerprint density at radius 3 is 2.21 bits per heavy atom. The zero-order valence-electron chi connectivity index (χ0n) is 10.3. The van der Waals surface area contributed by atoms with Gasteiger partial charge in [-0.1, -0.05) is 36.4 Å². The van der Waals surface area contributed by atoms with Crippen LogP contribution in [0.2, 0.25) is 0 Å². The summed E-state index contributed by atoms with van der Waals surface area (Å²) in [5, 5.41) is 10.7. The van der Waals surface area contributed by atoms with Gasteiger partial charge in [0.25, 0.3) is 0 Å². The van der Waals surface area contributed by atoms with Crippen molar-refractivity contribution >= 4 is 28.3 Å². The molecule has 0 saturated carbocycles. The molecular formula is C15H12O4. The van der Waals surface area contributed by atoms with E-state index < -0.39 is 23.5 Å². The van der Waals surface area contributed by atoms with Crippen molar-refractivity contribution in [3.63, 3.8) is 0 Å². The van der Waals surface area contributed by atoms with Crippen LogP contribution in [0, 0.1) is 5.92 Å². The number of ketones is 2. The van der Waals surface area contributed by atoms with Crippen molar-refractivity contribution in [3.8, 4) is 0 Å². The largest absolute Gasteiger partial charge is 0.480 e. The first-order valence-electron chi connectivity index (χ1n) is 5.77. The Morgan fingerprint density at radius 1 is 1.00 bits per heavy atom. The fraction of sp³-hybridized carbons (Fsp3) is 0.133. The van der Waals surface area contributed by atoms with Crippen LogP contribution in [0.25, 0.3) is 10.8 Å². The van der Waals surface area contributed by atoms with E-state index in [1.165, 1.54) is 0 Å². The van der Waals surface area contributed by atoms with E-state index in [1.807, 2.05) is 24.3 Å². The number of carboxylic acid groups (broad SMARTS) is 1. The van der Waals surface area contributed by atoms with Gasteiger partial charge in [-0.15, -0.1) is 0 Å². The maximum absolute atomic E-state index is 12.1. The molecule has 0 saturated heterocycles. The summed E-state index contributed by atoms with van der Waals surface area (Å²) in [6.07, 6.45) is 0. The first-order chi connectivity index (χ1) is 9.00. The van der Waals surface area contributed by atoms with Crippen molar-refractivity contribution in [2.45, 2.75) is 6.92 Å². The van der Waals surface area contributed by atoms with Crippen molar-refractivity contribution in [3.05, 3.63) is 48.0 Å². The van der Waals surface area contributed by atoms with Gasteiger partial charge in [0.15, 0.2) is 17.5 Å². The summed E-state index contributed by atoms with van der Waals surface area (Å²) in [5.74, 6) is -4.37. The molecular weight excluding hydrogens is 244 g/mol. The maximum Gasteiger partial charge on any atom is 0.322 e. The van der Waals surface area contributed by atoms with Crippen LogP contribution in [0.5, 0.6) is 0 Å². The van der Waals surface area contributed by atoms with Gasteiger partial charge in [0.2, 0.25) is 0 Å². The van der Waals surface area contributed by atoms with Crippen LogP contribution in [0.3, 0.4) is 0 Å². The third kappa shape index (κ3) is 2.52. The summed E-state index contributed by atoms with van der Waals surface area (Å²) >= 11 is 0. The van der Waals surface area contributed by atoms with Gasteiger partial charge in [0, 0.05) is 5.56 Å². The molecule has 1 unspecified atom stereocenters. The first kappa shape index (κ1) is 13.0. The molecule has 2 aromatic carbocycles. The van der Waals surface area contributed by atoms with Crippen LogP contribution in [-0.2, 0) is 9.59 Å². The molecule has 0 aromatic heterocycles. The van der Waals surface area contributed by atoms with Gasteiger partial charge in [-0.25, -0.2) is 0 Å². The fourth-order valence-corrected chi connectivity index (χ4v) is 1.98. The number of hydrogen-bond acceptors (Lipinski definition) is 3.